The summed E-state index contributed by atoms with van der Waals surface area (Å²) in [5.74, 6) is 1.07. The van der Waals surface area contributed by atoms with E-state index in [0.29, 0.717) is 31.0 Å². The number of halogens is 1. The van der Waals surface area contributed by atoms with Gasteiger partial charge >= 0.3 is 0 Å². The van der Waals surface area contributed by atoms with E-state index in [4.69, 9.17) is 4.74 Å². The molecule has 0 spiro atoms. The molecule has 2 atom stereocenters. The van der Waals surface area contributed by atoms with Gasteiger partial charge in [0.25, 0.3) is 0 Å². The molecule has 1 aliphatic rings. The van der Waals surface area contributed by atoms with E-state index >= 15 is 0 Å². The van der Waals surface area contributed by atoms with E-state index in [9.17, 15) is 9.18 Å². The number of amides is 1. The van der Waals surface area contributed by atoms with Gasteiger partial charge in [-0.25, -0.2) is 9.37 Å². The van der Waals surface area contributed by atoms with Crippen LogP contribution in [0.25, 0.3) is 0 Å². The number of benzene rings is 1. The topological polar surface area (TPSA) is 57.7 Å². The first-order chi connectivity index (χ1) is 14.9. The number of ether oxygens (including phenoxy) is 1. The molecule has 2 aromatic rings. The fourth-order valence-electron chi connectivity index (χ4n) is 3.72. The summed E-state index contributed by atoms with van der Waals surface area (Å²) in [7, 11) is 3.55. The van der Waals surface area contributed by atoms with Crippen LogP contribution in [-0.2, 0) is 4.79 Å². The highest BCUT2D eigenvalue weighted by Gasteiger charge is 2.27. The van der Waals surface area contributed by atoms with Crippen LogP contribution < -0.4 is 15.0 Å². The van der Waals surface area contributed by atoms with Gasteiger partial charge in [-0.15, -0.1) is 0 Å². The molecule has 1 aliphatic heterocycles. The van der Waals surface area contributed by atoms with Crippen molar-refractivity contribution in [2.45, 2.75) is 45.1 Å². The van der Waals surface area contributed by atoms with Crippen LogP contribution in [0.4, 0.5) is 15.9 Å². The number of anilines is 2. The number of carbonyl (C=O) groups is 1. The lowest BCUT2D eigenvalue weighted by molar-refractivity contribution is -0.129. The summed E-state index contributed by atoms with van der Waals surface area (Å²) in [6.45, 7) is 6.15. The fraction of sp³-hybridized carbons (Fsp3) is 0.500. The second-order valence-electron chi connectivity index (χ2n) is 8.36. The van der Waals surface area contributed by atoms with Crippen LogP contribution in [0.5, 0.6) is 5.75 Å². The van der Waals surface area contributed by atoms with Crippen LogP contribution >= 0.6 is 0 Å². The summed E-state index contributed by atoms with van der Waals surface area (Å²) >= 11 is 0. The maximum Gasteiger partial charge on any atom is 0.222 e. The van der Waals surface area contributed by atoms with Crippen molar-refractivity contribution in [3.05, 3.63) is 47.9 Å². The van der Waals surface area contributed by atoms with E-state index in [-0.39, 0.29) is 23.7 Å². The number of nitrogens with zero attached hydrogens (tertiary/aromatic N) is 3. The van der Waals surface area contributed by atoms with E-state index in [2.05, 4.69) is 17.2 Å². The van der Waals surface area contributed by atoms with Gasteiger partial charge in [-0.3, -0.25) is 4.79 Å². The van der Waals surface area contributed by atoms with Gasteiger partial charge in [-0.05, 0) is 36.1 Å². The lowest BCUT2D eigenvalue weighted by Crippen LogP contribution is -2.25. The first-order valence-electron chi connectivity index (χ1n) is 11.0. The summed E-state index contributed by atoms with van der Waals surface area (Å²) in [4.78, 5) is 19.7. The molecule has 7 heteroatoms. The van der Waals surface area contributed by atoms with Crippen molar-refractivity contribution in [2.75, 3.05) is 43.9 Å². The van der Waals surface area contributed by atoms with Gasteiger partial charge in [0.2, 0.25) is 5.91 Å². The predicted molar refractivity (Wildman–Crippen MR) is 122 cm³/mol. The minimum Gasteiger partial charge on any atom is -0.489 e. The van der Waals surface area contributed by atoms with E-state index < -0.39 is 0 Å². The highest BCUT2D eigenvalue weighted by Crippen LogP contribution is 2.29. The molecule has 1 fully saturated rings. The molecule has 0 saturated carbocycles. The predicted octanol–water partition coefficient (Wildman–Crippen LogP) is 4.28. The zero-order valence-electron chi connectivity index (χ0n) is 18.9. The first kappa shape index (κ1) is 22.8. The van der Waals surface area contributed by atoms with Crippen molar-refractivity contribution in [1.82, 2.24) is 9.88 Å². The monoisotopic (exact) mass is 428 g/mol. The van der Waals surface area contributed by atoms with Crippen LogP contribution in [0.1, 0.15) is 44.6 Å². The van der Waals surface area contributed by atoms with Crippen LogP contribution in [0.2, 0.25) is 0 Å². The van der Waals surface area contributed by atoms with Gasteiger partial charge in [0.1, 0.15) is 11.9 Å². The third-order valence-corrected chi connectivity index (χ3v) is 5.63. The maximum atomic E-state index is 14.8. The summed E-state index contributed by atoms with van der Waals surface area (Å²) in [5, 5.41) is 3.04. The molecule has 1 aromatic heterocycles. The SMILES string of the molecule is CCCNc1nccc(N2CCC(Oc3ccc([C@H](C)CC(=O)N(C)C)cc3)C2)c1F. The highest BCUT2D eigenvalue weighted by atomic mass is 19.1. The number of carbonyl (C=O) groups excluding carboxylic acids is 1. The van der Waals surface area contributed by atoms with E-state index in [1.807, 2.05) is 36.1 Å². The van der Waals surface area contributed by atoms with E-state index in [1.54, 1.807) is 31.3 Å². The van der Waals surface area contributed by atoms with Gasteiger partial charge in [0.15, 0.2) is 11.6 Å². The van der Waals surface area contributed by atoms with Crippen molar-refractivity contribution in [2.24, 2.45) is 0 Å². The normalized spacial score (nSPS) is 16.8. The quantitative estimate of drug-likeness (QED) is 0.646. The largest absolute Gasteiger partial charge is 0.489 e. The lowest BCUT2D eigenvalue weighted by atomic mass is 9.97. The third-order valence-electron chi connectivity index (χ3n) is 5.63. The Hall–Kier alpha value is -2.83. The molecule has 1 saturated heterocycles. The van der Waals surface area contributed by atoms with Crippen LogP contribution in [0.3, 0.4) is 0 Å². The maximum absolute atomic E-state index is 14.8. The third kappa shape index (κ3) is 5.87. The van der Waals surface area contributed by atoms with Crippen LogP contribution in [0.15, 0.2) is 36.5 Å². The molecular weight excluding hydrogens is 395 g/mol. The number of hydrogen-bond donors (Lipinski definition) is 1. The molecular formula is C24H33FN4O2. The summed E-state index contributed by atoms with van der Waals surface area (Å²) in [6.07, 6.45) is 3.87. The molecule has 0 aliphatic carbocycles. The van der Waals surface area contributed by atoms with Crippen molar-refractivity contribution in [1.29, 1.82) is 0 Å². The van der Waals surface area contributed by atoms with Crippen molar-refractivity contribution in [3.8, 4) is 5.75 Å². The molecule has 0 radical (unpaired) electrons. The summed E-state index contributed by atoms with van der Waals surface area (Å²) in [5.41, 5.74) is 1.68. The Bertz CT molecular complexity index is 872. The molecule has 31 heavy (non-hydrogen) atoms. The summed E-state index contributed by atoms with van der Waals surface area (Å²) in [6, 6.07) is 9.66. The van der Waals surface area contributed by atoms with Crippen LogP contribution in [-0.4, -0.2) is 55.6 Å². The van der Waals surface area contributed by atoms with Gasteiger partial charge in [0.05, 0.1) is 12.2 Å². The Kier molecular flexibility index (Phi) is 7.71. The lowest BCUT2D eigenvalue weighted by Gasteiger charge is -2.21. The smallest absolute Gasteiger partial charge is 0.222 e. The number of rotatable bonds is 9. The minimum absolute atomic E-state index is 0.00166. The minimum atomic E-state index is -0.304. The Morgan fingerprint density at radius 2 is 2.06 bits per heavy atom. The Labute approximate surface area is 184 Å². The zero-order chi connectivity index (χ0) is 22.4. The first-order valence-corrected chi connectivity index (χ1v) is 11.0. The second-order valence-corrected chi connectivity index (χ2v) is 8.36. The van der Waals surface area contributed by atoms with Crippen molar-refractivity contribution >= 4 is 17.4 Å². The zero-order valence-corrected chi connectivity index (χ0v) is 18.9. The molecule has 1 aromatic carbocycles. The van der Waals surface area contributed by atoms with Gasteiger partial charge < -0.3 is 19.9 Å². The Balaban J connectivity index is 1.57. The molecule has 1 N–H and O–H groups in total. The Morgan fingerprint density at radius 3 is 2.74 bits per heavy atom. The molecule has 168 valence electrons. The van der Waals surface area contributed by atoms with Crippen molar-refractivity contribution in [3.63, 3.8) is 0 Å². The van der Waals surface area contributed by atoms with Crippen LogP contribution in [0, 0.1) is 5.82 Å². The van der Waals surface area contributed by atoms with Crippen molar-refractivity contribution < 1.29 is 13.9 Å². The number of hydrogen-bond acceptors (Lipinski definition) is 5. The standard InChI is InChI=1S/C24H33FN4O2/c1-5-12-26-24-23(25)21(10-13-27-24)29-14-11-20(16-29)31-19-8-6-18(7-9-19)17(2)15-22(30)28(3)4/h6-10,13,17,20H,5,11-12,14-16H2,1-4H3,(H,26,27)/t17-,20?/m1/s1. The summed E-state index contributed by atoms with van der Waals surface area (Å²) < 4.78 is 21.0. The molecule has 0 bridgehead atoms. The average molecular weight is 429 g/mol. The molecule has 1 unspecified atom stereocenters. The number of aromatic nitrogens is 1. The van der Waals surface area contributed by atoms with E-state index in [0.717, 1.165) is 30.7 Å². The number of nitrogens with one attached hydrogen (secondary N) is 1. The molecule has 6 nitrogen and oxygen atoms in total. The second kappa shape index (κ2) is 10.5. The van der Waals surface area contributed by atoms with Gasteiger partial charge in [-0.2, -0.15) is 0 Å². The van der Waals surface area contributed by atoms with E-state index in [1.165, 1.54) is 0 Å². The molecule has 1 amide bonds. The van der Waals surface area contributed by atoms with Gasteiger partial charge in [0, 0.05) is 46.2 Å². The number of pyridine rings is 1. The average Bonchev–Trinajstić information content (AvgIpc) is 3.21. The fourth-order valence-corrected chi connectivity index (χ4v) is 3.72. The molecule has 3 rings (SSSR count). The highest BCUT2D eigenvalue weighted by molar-refractivity contribution is 5.76. The Morgan fingerprint density at radius 1 is 1.32 bits per heavy atom. The molecule has 2 heterocycles. The van der Waals surface area contributed by atoms with Gasteiger partial charge in [-0.1, -0.05) is 26.0 Å².